The first kappa shape index (κ1) is 17.3. The molecule has 1 unspecified atom stereocenters. The maximum atomic E-state index is 12.2. The van der Waals surface area contributed by atoms with Crippen molar-refractivity contribution in [3.63, 3.8) is 0 Å². The molecule has 3 N–H and O–H groups in total. The molecule has 1 aromatic carbocycles. The van der Waals surface area contributed by atoms with E-state index < -0.39 is 5.97 Å². The number of aryl methyl sites for hydroxylation is 1. The minimum absolute atomic E-state index is 0.0646. The Hall–Kier alpha value is -2.04. The number of carbonyl (C=O) groups excluding carboxylic acids is 1. The number of amides is 2. The third kappa shape index (κ3) is 4.47. The molecule has 0 aliphatic heterocycles. The Morgan fingerprint density at radius 2 is 1.83 bits per heavy atom. The van der Waals surface area contributed by atoms with Crippen molar-refractivity contribution < 1.29 is 14.7 Å². The van der Waals surface area contributed by atoms with Gasteiger partial charge in [0.2, 0.25) is 0 Å². The summed E-state index contributed by atoms with van der Waals surface area (Å²) in [5.74, 6) is -0.985. The summed E-state index contributed by atoms with van der Waals surface area (Å²) in [6.45, 7) is 6.10. The summed E-state index contributed by atoms with van der Waals surface area (Å²) in [6, 6.07) is 5.91. The number of carboxylic acid groups (broad SMARTS) is 1. The minimum atomic E-state index is -0.726. The zero-order valence-corrected chi connectivity index (χ0v) is 14.1. The van der Waals surface area contributed by atoms with E-state index in [0.717, 1.165) is 18.4 Å². The van der Waals surface area contributed by atoms with E-state index in [0.29, 0.717) is 12.8 Å². The van der Waals surface area contributed by atoms with E-state index >= 15 is 0 Å². The fraction of sp³-hybridized carbons (Fsp3) is 0.556. The Morgan fingerprint density at radius 3 is 2.43 bits per heavy atom. The Balaban J connectivity index is 1.85. The molecule has 1 aliphatic carbocycles. The molecule has 126 valence electrons. The number of nitrogens with one attached hydrogen (secondary N) is 2. The predicted octanol–water partition coefficient (Wildman–Crippen LogP) is 3.31. The van der Waals surface area contributed by atoms with E-state index in [1.807, 2.05) is 19.1 Å². The van der Waals surface area contributed by atoms with Crippen LogP contribution in [0.5, 0.6) is 0 Å². The maximum absolute atomic E-state index is 12.2. The van der Waals surface area contributed by atoms with Gasteiger partial charge in [0.05, 0.1) is 12.0 Å². The van der Waals surface area contributed by atoms with Crippen molar-refractivity contribution >= 4 is 12.0 Å². The van der Waals surface area contributed by atoms with Gasteiger partial charge in [-0.15, -0.1) is 0 Å². The van der Waals surface area contributed by atoms with Gasteiger partial charge >= 0.3 is 12.0 Å². The van der Waals surface area contributed by atoms with Crippen LogP contribution >= 0.6 is 0 Å². The molecule has 2 amide bonds. The van der Waals surface area contributed by atoms with E-state index in [1.54, 1.807) is 0 Å². The normalized spacial score (nSPS) is 22.2. The van der Waals surface area contributed by atoms with Crippen molar-refractivity contribution in [2.75, 3.05) is 0 Å². The van der Waals surface area contributed by atoms with Crippen LogP contribution in [0.2, 0.25) is 0 Å². The number of aliphatic carboxylic acids is 1. The van der Waals surface area contributed by atoms with Crippen molar-refractivity contribution in [2.24, 2.45) is 5.92 Å². The summed E-state index contributed by atoms with van der Waals surface area (Å²) in [5, 5.41) is 14.9. The molecule has 1 aromatic rings. The number of hydrogen-bond donors (Lipinski definition) is 3. The zero-order chi connectivity index (χ0) is 17.0. The van der Waals surface area contributed by atoms with Crippen LogP contribution in [0.4, 0.5) is 4.79 Å². The fourth-order valence-electron chi connectivity index (χ4n) is 3.23. The molecule has 1 aliphatic rings. The maximum Gasteiger partial charge on any atom is 0.315 e. The van der Waals surface area contributed by atoms with Crippen LogP contribution < -0.4 is 10.6 Å². The van der Waals surface area contributed by atoms with Gasteiger partial charge in [0, 0.05) is 6.04 Å². The Kier molecular flexibility index (Phi) is 5.64. The van der Waals surface area contributed by atoms with Crippen molar-refractivity contribution in [1.82, 2.24) is 10.6 Å². The molecule has 0 spiro atoms. The van der Waals surface area contributed by atoms with Crippen molar-refractivity contribution in [3.05, 3.63) is 34.9 Å². The third-order valence-corrected chi connectivity index (χ3v) is 4.87. The second-order valence-electron chi connectivity index (χ2n) is 6.52. The lowest BCUT2D eigenvalue weighted by atomic mass is 9.86. The second-order valence-corrected chi connectivity index (χ2v) is 6.52. The van der Waals surface area contributed by atoms with Crippen LogP contribution in [0.25, 0.3) is 0 Å². The number of hydrogen-bond acceptors (Lipinski definition) is 2. The fourth-order valence-corrected chi connectivity index (χ4v) is 3.23. The molecule has 0 aromatic heterocycles. The van der Waals surface area contributed by atoms with Crippen LogP contribution in [0, 0.1) is 19.8 Å². The standard InChI is InChI=1S/C18H26N2O3/c1-11-5-4-6-16(12(11)2)13(3)19-18(23)20-15-9-7-14(8-10-15)17(21)22/h4-6,13-15H,7-10H2,1-3H3,(H,21,22)(H2,19,20,23). The number of carbonyl (C=O) groups is 2. The number of carboxylic acids is 1. The van der Waals surface area contributed by atoms with Gasteiger partial charge in [0.1, 0.15) is 0 Å². The summed E-state index contributed by atoms with van der Waals surface area (Å²) in [5.41, 5.74) is 3.53. The van der Waals surface area contributed by atoms with Crippen molar-refractivity contribution in [1.29, 1.82) is 0 Å². The Labute approximate surface area is 137 Å². The van der Waals surface area contributed by atoms with Gasteiger partial charge < -0.3 is 15.7 Å². The molecule has 5 heteroatoms. The number of urea groups is 1. The quantitative estimate of drug-likeness (QED) is 0.797. The van der Waals surface area contributed by atoms with E-state index in [1.165, 1.54) is 11.1 Å². The molecule has 23 heavy (non-hydrogen) atoms. The summed E-state index contributed by atoms with van der Waals surface area (Å²) in [7, 11) is 0. The smallest absolute Gasteiger partial charge is 0.315 e. The molecule has 1 saturated carbocycles. The highest BCUT2D eigenvalue weighted by molar-refractivity contribution is 5.75. The molecule has 5 nitrogen and oxygen atoms in total. The van der Waals surface area contributed by atoms with Crippen LogP contribution in [-0.2, 0) is 4.79 Å². The summed E-state index contributed by atoms with van der Waals surface area (Å²) in [6.07, 6.45) is 2.71. The SMILES string of the molecule is Cc1cccc(C(C)NC(=O)NC2CCC(C(=O)O)CC2)c1C. The van der Waals surface area contributed by atoms with E-state index in [2.05, 4.69) is 30.5 Å². The summed E-state index contributed by atoms with van der Waals surface area (Å²) in [4.78, 5) is 23.1. The Bertz CT molecular complexity index is 578. The summed E-state index contributed by atoms with van der Waals surface area (Å²) < 4.78 is 0. The number of rotatable bonds is 4. The van der Waals surface area contributed by atoms with Crippen LogP contribution in [0.15, 0.2) is 18.2 Å². The average Bonchev–Trinajstić information content (AvgIpc) is 2.50. The van der Waals surface area contributed by atoms with Gasteiger partial charge in [-0.25, -0.2) is 4.79 Å². The van der Waals surface area contributed by atoms with Gasteiger partial charge in [0.15, 0.2) is 0 Å². The van der Waals surface area contributed by atoms with Gasteiger partial charge in [-0.3, -0.25) is 4.79 Å². The average molecular weight is 318 g/mol. The minimum Gasteiger partial charge on any atom is -0.481 e. The first-order valence-electron chi connectivity index (χ1n) is 8.24. The third-order valence-electron chi connectivity index (χ3n) is 4.87. The van der Waals surface area contributed by atoms with Gasteiger partial charge in [-0.2, -0.15) is 0 Å². The molecule has 2 rings (SSSR count). The Morgan fingerprint density at radius 1 is 1.17 bits per heavy atom. The van der Waals surface area contributed by atoms with Gasteiger partial charge in [-0.05, 0) is 63.1 Å². The van der Waals surface area contributed by atoms with E-state index in [9.17, 15) is 9.59 Å². The van der Waals surface area contributed by atoms with E-state index in [-0.39, 0.29) is 24.0 Å². The molecule has 0 radical (unpaired) electrons. The molecule has 0 heterocycles. The monoisotopic (exact) mass is 318 g/mol. The van der Waals surface area contributed by atoms with Crippen molar-refractivity contribution in [2.45, 2.75) is 58.5 Å². The molecular weight excluding hydrogens is 292 g/mol. The van der Waals surface area contributed by atoms with Crippen LogP contribution in [0.1, 0.15) is 55.3 Å². The highest BCUT2D eigenvalue weighted by Crippen LogP contribution is 2.24. The topological polar surface area (TPSA) is 78.4 Å². The number of benzene rings is 1. The lowest BCUT2D eigenvalue weighted by molar-refractivity contribution is -0.142. The first-order chi connectivity index (χ1) is 10.9. The predicted molar refractivity (Wildman–Crippen MR) is 89.4 cm³/mol. The van der Waals surface area contributed by atoms with Gasteiger partial charge in [-0.1, -0.05) is 18.2 Å². The molecule has 1 fully saturated rings. The molecule has 0 saturated heterocycles. The summed E-state index contributed by atoms with van der Waals surface area (Å²) >= 11 is 0. The van der Waals surface area contributed by atoms with Crippen molar-refractivity contribution in [3.8, 4) is 0 Å². The molecular formula is C18H26N2O3. The second kappa shape index (κ2) is 7.49. The molecule has 1 atom stereocenters. The largest absolute Gasteiger partial charge is 0.481 e. The van der Waals surface area contributed by atoms with Crippen LogP contribution in [0.3, 0.4) is 0 Å². The van der Waals surface area contributed by atoms with E-state index in [4.69, 9.17) is 5.11 Å². The highest BCUT2D eigenvalue weighted by atomic mass is 16.4. The molecule has 0 bridgehead atoms. The highest BCUT2D eigenvalue weighted by Gasteiger charge is 2.27. The lowest BCUT2D eigenvalue weighted by Gasteiger charge is -2.27. The zero-order valence-electron chi connectivity index (χ0n) is 14.1. The lowest BCUT2D eigenvalue weighted by Crippen LogP contribution is -2.44. The first-order valence-corrected chi connectivity index (χ1v) is 8.24. The van der Waals surface area contributed by atoms with Crippen LogP contribution in [-0.4, -0.2) is 23.1 Å². The van der Waals surface area contributed by atoms with Gasteiger partial charge in [0.25, 0.3) is 0 Å².